The number of ether oxygens (including phenoxy) is 8. The number of aliphatic hydroxyl groups is 3. The number of cyclic esters (lactones) is 1. The highest BCUT2D eigenvalue weighted by Crippen LogP contribution is 2.42. The number of carbonyl (C=O) groups excluding carboxylic acids is 3. The molecule has 5 rings (SSSR count). The Morgan fingerprint density at radius 3 is 2.17 bits per heavy atom. The Hall–Kier alpha value is -4.13. The van der Waals surface area contributed by atoms with Crippen LogP contribution in [0.5, 0.6) is 0 Å². The smallest absolute Gasteiger partial charge is 0.341 e. The van der Waals surface area contributed by atoms with Gasteiger partial charge in [0, 0.05) is 69.6 Å². The second kappa shape index (κ2) is 26.2. The maximum atomic E-state index is 14.6. The van der Waals surface area contributed by atoms with Crippen LogP contribution in [0.25, 0.3) is 10.9 Å². The summed E-state index contributed by atoms with van der Waals surface area (Å²) in [6.07, 6.45) is -7.07. The van der Waals surface area contributed by atoms with Crippen molar-refractivity contribution in [2.45, 2.75) is 198 Å². The lowest BCUT2D eigenvalue weighted by atomic mass is 9.74. The van der Waals surface area contributed by atoms with E-state index in [2.05, 4.69) is 10.7 Å². The molecule has 0 bridgehead atoms. The average molecular weight is 1080 g/mol. The standard InChI is InChI=1S/C55H88N4O17/c1-16-40-55(10,68)47(64)31(4)43(61)29(2)26-53(8,69-14)48(76-52-45(63)39(58(12)13)24-30(3)71-52)32(5)46(33(6)51(67)73-40)75-42-27-54(9,70-15)49(34(7)72-42)74-41(60)21-23-57-22-17-18-35-19-20-38-36(25-35)44(62)37(50(65)66)28-59(38)56-11/h19-20,25,28-34,39-40,42,45-49,52,56-57,63-64,68H,16-18,21-24,26-27H2,1-15H3,(H,65,66)/t29-,30-,31+,32+,33-,34+,39+,40-,42+,45-,46+,47-,48-,49+,52+,53-,54-,55-/m1/s1. The lowest BCUT2D eigenvalue weighted by Crippen LogP contribution is -2.61. The monoisotopic (exact) mass is 1080 g/mol. The van der Waals surface area contributed by atoms with Crippen LogP contribution < -0.4 is 16.2 Å². The van der Waals surface area contributed by atoms with Crippen molar-refractivity contribution in [3.63, 3.8) is 0 Å². The summed E-state index contributed by atoms with van der Waals surface area (Å²) in [6, 6.07) is 5.03. The molecule has 0 saturated carbocycles. The van der Waals surface area contributed by atoms with E-state index in [9.17, 15) is 44.4 Å². The van der Waals surface area contributed by atoms with Gasteiger partial charge in [0.1, 0.15) is 34.8 Å². The molecule has 1 aromatic carbocycles. The highest BCUT2D eigenvalue weighted by Gasteiger charge is 2.55. The number of benzene rings is 1. The second-order valence-corrected chi connectivity index (χ2v) is 22.3. The molecule has 21 heteroatoms. The van der Waals surface area contributed by atoms with Gasteiger partial charge in [0.15, 0.2) is 18.7 Å². The number of carboxylic acid groups (broad SMARTS) is 1. The minimum Gasteiger partial charge on any atom is -0.477 e. The number of likely N-dealkylation sites (N-methyl/N-ethyl adjacent to an activating group) is 1. The molecule has 76 heavy (non-hydrogen) atoms. The van der Waals surface area contributed by atoms with E-state index in [0.717, 1.165) is 5.56 Å². The summed E-state index contributed by atoms with van der Waals surface area (Å²) < 4.78 is 52.8. The number of hydrogen-bond acceptors (Lipinski definition) is 19. The first kappa shape index (κ1) is 62.7. The molecule has 0 radical (unpaired) electrons. The first-order chi connectivity index (χ1) is 35.6. The summed E-state index contributed by atoms with van der Waals surface area (Å²) in [7, 11) is 8.35. The highest BCUT2D eigenvalue weighted by atomic mass is 16.7. The van der Waals surface area contributed by atoms with Crippen LogP contribution in [0.3, 0.4) is 0 Å². The van der Waals surface area contributed by atoms with Crippen LogP contribution >= 0.6 is 0 Å². The first-order valence-electron chi connectivity index (χ1n) is 26.8. The van der Waals surface area contributed by atoms with Crippen LogP contribution in [0.1, 0.15) is 124 Å². The molecule has 0 unspecified atom stereocenters. The molecule has 0 amide bonds. The van der Waals surface area contributed by atoms with Crippen molar-refractivity contribution < 1.29 is 77.5 Å². The van der Waals surface area contributed by atoms with E-state index in [1.165, 1.54) is 38.9 Å². The summed E-state index contributed by atoms with van der Waals surface area (Å²) in [6.45, 7) is 17.8. The van der Waals surface area contributed by atoms with Crippen molar-refractivity contribution in [2.75, 3.05) is 53.9 Å². The topological polar surface area (TPSA) is 272 Å². The van der Waals surface area contributed by atoms with E-state index in [0.29, 0.717) is 43.3 Å². The second-order valence-electron chi connectivity index (χ2n) is 22.3. The number of Topliss-reactive ketones (excluding diaryl/α,β-unsaturated/α-hetero) is 1. The van der Waals surface area contributed by atoms with Crippen LogP contribution in [0.4, 0.5) is 0 Å². The quantitative estimate of drug-likeness (QED) is 0.0916. The molecular weight excluding hydrogens is 989 g/mol. The molecule has 2 aromatic rings. The first-order valence-corrected chi connectivity index (χ1v) is 26.8. The summed E-state index contributed by atoms with van der Waals surface area (Å²) in [5.74, 6) is -6.65. The Morgan fingerprint density at radius 2 is 1.57 bits per heavy atom. The predicted octanol–water partition coefficient (Wildman–Crippen LogP) is 3.79. The number of aromatic nitrogens is 1. The fraction of sp³-hybridized carbons (Fsp3) is 0.764. The summed E-state index contributed by atoms with van der Waals surface area (Å²) in [5.41, 5.74) is -1.12. The number of pyridine rings is 1. The number of aromatic carboxylic acids is 1. The fourth-order valence-electron chi connectivity index (χ4n) is 11.6. The van der Waals surface area contributed by atoms with Crippen LogP contribution in [0.2, 0.25) is 0 Å². The summed E-state index contributed by atoms with van der Waals surface area (Å²) in [4.78, 5) is 68.8. The SMILES string of the molecule is CC[C@H]1OC(=O)[C@H](C)[C@@H](O[C@H]2C[C@@](C)(OC)[C@@H](OC(=O)CCNCCCc3ccc4c(c3)c(=O)c(C(=O)O)cn4NC)[C@H](C)O2)[C@H](C)[C@@H](O[C@@H]2O[C@H](C)C[C@H](N(C)C)[C@H]2O)[C@](C)(OC)C[C@@H](C)C(=O)[C@H](C)[C@@H](O)[C@]1(C)O. The maximum absolute atomic E-state index is 14.6. The van der Waals surface area contributed by atoms with E-state index in [-0.39, 0.29) is 49.2 Å². The molecule has 21 nitrogen and oxygen atoms in total. The Bertz CT molecular complexity index is 2370. The van der Waals surface area contributed by atoms with Gasteiger partial charge in [-0.3, -0.25) is 23.9 Å². The van der Waals surface area contributed by atoms with Gasteiger partial charge in [0.05, 0.1) is 54.0 Å². The molecule has 3 fully saturated rings. The number of carbonyl (C=O) groups is 4. The van der Waals surface area contributed by atoms with Gasteiger partial charge in [-0.25, -0.2) is 4.79 Å². The van der Waals surface area contributed by atoms with Gasteiger partial charge in [-0.1, -0.05) is 33.8 Å². The van der Waals surface area contributed by atoms with Crippen LogP contribution in [-0.2, 0) is 58.7 Å². The largest absolute Gasteiger partial charge is 0.477 e. The Balaban J connectivity index is 1.35. The number of fused-ring (bicyclic) bond motifs is 1. The van der Waals surface area contributed by atoms with Crippen molar-refractivity contribution in [1.29, 1.82) is 0 Å². The zero-order valence-corrected chi connectivity index (χ0v) is 47.3. The zero-order chi connectivity index (χ0) is 56.8. The molecule has 3 aliphatic rings. The number of nitrogens with zero attached hydrogens (tertiary/aromatic N) is 2. The van der Waals surface area contributed by atoms with E-state index in [1.54, 1.807) is 60.7 Å². The minimum atomic E-state index is -2.03. The van der Waals surface area contributed by atoms with Crippen molar-refractivity contribution >= 4 is 34.6 Å². The number of hydrogen-bond donors (Lipinski definition) is 6. The molecule has 3 saturated heterocycles. The molecule has 3 aliphatic heterocycles. The molecule has 0 aliphatic carbocycles. The minimum absolute atomic E-state index is 0.0264. The number of aliphatic hydroxyl groups excluding tert-OH is 2. The van der Waals surface area contributed by atoms with Gasteiger partial charge in [-0.05, 0) is 112 Å². The van der Waals surface area contributed by atoms with E-state index in [4.69, 9.17) is 37.9 Å². The third-order valence-corrected chi connectivity index (χ3v) is 16.3. The molecule has 430 valence electrons. The number of aryl methyl sites for hydroxylation is 1. The fourth-order valence-corrected chi connectivity index (χ4v) is 11.6. The number of carboxylic acids is 1. The number of rotatable bonds is 18. The normalized spacial score (nSPS) is 37.1. The number of ketones is 1. The van der Waals surface area contributed by atoms with Gasteiger partial charge in [0.2, 0.25) is 5.43 Å². The van der Waals surface area contributed by atoms with E-state index in [1.807, 2.05) is 38.9 Å². The van der Waals surface area contributed by atoms with E-state index >= 15 is 0 Å². The number of esters is 2. The number of methoxy groups -OCH3 is 2. The van der Waals surface area contributed by atoms with E-state index < -0.39 is 119 Å². The predicted molar refractivity (Wildman–Crippen MR) is 281 cm³/mol. The highest BCUT2D eigenvalue weighted by molar-refractivity contribution is 5.92. The van der Waals surface area contributed by atoms with Gasteiger partial charge in [-0.2, -0.15) is 0 Å². The van der Waals surface area contributed by atoms with Crippen LogP contribution in [-0.4, -0.2) is 186 Å². The van der Waals surface area contributed by atoms with Gasteiger partial charge < -0.3 is 74.0 Å². The number of nitrogens with one attached hydrogen (secondary N) is 2. The molecule has 1 aromatic heterocycles. The average Bonchev–Trinajstić information content (AvgIpc) is 3.37. The lowest BCUT2D eigenvalue weighted by molar-refractivity contribution is -0.320. The third-order valence-electron chi connectivity index (χ3n) is 16.3. The Morgan fingerprint density at radius 1 is 0.908 bits per heavy atom. The summed E-state index contributed by atoms with van der Waals surface area (Å²) in [5, 5.41) is 48.4. The molecule has 4 heterocycles. The van der Waals surface area contributed by atoms with Gasteiger partial charge >= 0.3 is 17.9 Å². The van der Waals surface area contributed by atoms with Crippen molar-refractivity contribution in [3.8, 4) is 0 Å². The van der Waals surface area contributed by atoms with Gasteiger partial charge in [-0.15, -0.1) is 0 Å². The summed E-state index contributed by atoms with van der Waals surface area (Å²) >= 11 is 0. The van der Waals surface area contributed by atoms with Crippen LogP contribution in [0.15, 0.2) is 29.2 Å². The Kier molecular flexibility index (Phi) is 21.6. The lowest BCUT2D eigenvalue weighted by Gasteiger charge is -2.50. The van der Waals surface area contributed by atoms with Crippen molar-refractivity contribution in [1.82, 2.24) is 14.9 Å². The van der Waals surface area contributed by atoms with Crippen molar-refractivity contribution in [2.24, 2.45) is 23.7 Å². The van der Waals surface area contributed by atoms with Crippen LogP contribution in [0, 0.1) is 23.7 Å². The third kappa shape index (κ3) is 14.0. The molecule has 6 N–H and O–H groups in total. The molecule has 18 atom stereocenters. The zero-order valence-electron chi connectivity index (χ0n) is 47.3. The molecule has 0 spiro atoms. The maximum Gasteiger partial charge on any atom is 0.341 e. The van der Waals surface area contributed by atoms with Crippen molar-refractivity contribution in [3.05, 3.63) is 45.7 Å². The Labute approximate surface area is 447 Å². The molecular formula is C55H88N4O17. The van der Waals surface area contributed by atoms with Gasteiger partial charge in [0.25, 0.3) is 0 Å².